The zero-order valence-electron chi connectivity index (χ0n) is 13.7. The first-order chi connectivity index (χ1) is 10.6. The van der Waals surface area contributed by atoms with Crippen molar-refractivity contribution in [3.8, 4) is 0 Å². The third kappa shape index (κ3) is 3.37. The molecule has 3 heterocycles. The molecular formula is C15H28N6O. The minimum Gasteiger partial charge on any atom is -0.381 e. The second-order valence-corrected chi connectivity index (χ2v) is 6.51. The summed E-state index contributed by atoms with van der Waals surface area (Å²) in [6.07, 6.45) is 2.04. The van der Waals surface area contributed by atoms with Gasteiger partial charge >= 0.3 is 0 Å². The first kappa shape index (κ1) is 15.6. The van der Waals surface area contributed by atoms with Gasteiger partial charge < -0.3 is 19.9 Å². The molecule has 3 rings (SSSR count). The Bertz CT molecular complexity index is 443. The van der Waals surface area contributed by atoms with Crippen molar-refractivity contribution in [2.24, 2.45) is 16.8 Å². The molecule has 3 aliphatic rings. The number of aliphatic imine (C=N–C) groups is 1. The number of piperazine rings is 1. The number of rotatable bonds is 2. The van der Waals surface area contributed by atoms with Crippen LogP contribution < -0.4 is 11.2 Å². The summed E-state index contributed by atoms with van der Waals surface area (Å²) in [6, 6.07) is 0.374. The Kier molecular flexibility index (Phi) is 4.85. The molecule has 124 valence electrons. The lowest BCUT2D eigenvalue weighted by atomic mass is 10.0. The molecule has 0 spiro atoms. The summed E-state index contributed by atoms with van der Waals surface area (Å²) < 4.78 is 5.42. The molecule has 1 unspecified atom stereocenters. The maximum absolute atomic E-state index is 6.13. The fourth-order valence-corrected chi connectivity index (χ4v) is 3.23. The van der Waals surface area contributed by atoms with Crippen molar-refractivity contribution >= 4 is 5.84 Å². The molecule has 7 heteroatoms. The summed E-state index contributed by atoms with van der Waals surface area (Å²) in [4.78, 5) is 9.57. The number of nitrogens with two attached hydrogens (primary N) is 1. The van der Waals surface area contributed by atoms with E-state index in [-0.39, 0.29) is 0 Å². The van der Waals surface area contributed by atoms with E-state index in [1.807, 2.05) is 11.2 Å². The number of ether oxygens (including phenoxy) is 1. The smallest absolute Gasteiger partial charge is 0.146 e. The van der Waals surface area contributed by atoms with Crippen LogP contribution in [0.3, 0.4) is 0 Å². The van der Waals surface area contributed by atoms with Crippen molar-refractivity contribution < 1.29 is 4.74 Å². The summed E-state index contributed by atoms with van der Waals surface area (Å²) in [5.74, 6) is 8.82. The summed E-state index contributed by atoms with van der Waals surface area (Å²) >= 11 is 0. The lowest BCUT2D eigenvalue weighted by Crippen LogP contribution is -2.58. The standard InChI is InChI=1S/C15H28N6O/c1-12(2)13-11-20(3-4-21(13)16)15-10-17-9-14(18-15)19-5-7-22-8-6-19/h10,12-13,17H,3-9,11,16H2,1-2H3. The Labute approximate surface area is 132 Å². The van der Waals surface area contributed by atoms with E-state index < -0.39 is 0 Å². The van der Waals surface area contributed by atoms with Crippen LogP contribution in [0.15, 0.2) is 17.0 Å². The van der Waals surface area contributed by atoms with Crippen molar-refractivity contribution in [1.82, 2.24) is 20.1 Å². The van der Waals surface area contributed by atoms with E-state index in [4.69, 9.17) is 15.6 Å². The Morgan fingerprint density at radius 2 is 2.00 bits per heavy atom. The predicted octanol–water partition coefficient (Wildman–Crippen LogP) is -0.365. The minimum absolute atomic E-state index is 0.374. The molecule has 0 bridgehead atoms. The van der Waals surface area contributed by atoms with Crippen LogP contribution in [0.5, 0.6) is 0 Å². The number of nitrogens with zero attached hydrogens (tertiary/aromatic N) is 4. The third-order valence-electron chi connectivity index (χ3n) is 4.67. The predicted molar refractivity (Wildman–Crippen MR) is 87.0 cm³/mol. The zero-order chi connectivity index (χ0) is 15.5. The van der Waals surface area contributed by atoms with Crippen molar-refractivity contribution in [3.05, 3.63) is 12.0 Å². The lowest BCUT2D eigenvalue weighted by molar-refractivity contribution is 0.0628. The van der Waals surface area contributed by atoms with E-state index in [2.05, 4.69) is 29.0 Å². The molecule has 0 radical (unpaired) electrons. The van der Waals surface area contributed by atoms with E-state index in [1.165, 1.54) is 0 Å². The van der Waals surface area contributed by atoms with Gasteiger partial charge in [0, 0.05) is 45.0 Å². The topological polar surface area (TPSA) is 69.4 Å². The number of hydrogen-bond donors (Lipinski definition) is 2. The molecule has 2 fully saturated rings. The number of morpholine rings is 1. The van der Waals surface area contributed by atoms with Gasteiger partial charge in [-0.05, 0) is 5.92 Å². The van der Waals surface area contributed by atoms with Gasteiger partial charge in [0.05, 0.1) is 19.8 Å². The summed E-state index contributed by atoms with van der Waals surface area (Å²) in [5.41, 5.74) is 0. The van der Waals surface area contributed by atoms with Gasteiger partial charge in [0.25, 0.3) is 0 Å². The van der Waals surface area contributed by atoms with Crippen molar-refractivity contribution in [1.29, 1.82) is 0 Å². The van der Waals surface area contributed by atoms with Crippen LogP contribution in [0.4, 0.5) is 0 Å². The first-order valence-corrected chi connectivity index (χ1v) is 8.25. The van der Waals surface area contributed by atoms with E-state index >= 15 is 0 Å². The molecule has 0 saturated carbocycles. The van der Waals surface area contributed by atoms with Crippen LogP contribution in [-0.4, -0.2) is 79.2 Å². The number of hydrazine groups is 1. The van der Waals surface area contributed by atoms with E-state index in [1.54, 1.807) is 0 Å². The van der Waals surface area contributed by atoms with E-state index in [0.29, 0.717) is 12.0 Å². The third-order valence-corrected chi connectivity index (χ3v) is 4.67. The Morgan fingerprint density at radius 3 is 2.73 bits per heavy atom. The molecule has 0 aliphatic carbocycles. The van der Waals surface area contributed by atoms with Gasteiger partial charge in [0.2, 0.25) is 0 Å². The maximum Gasteiger partial charge on any atom is 0.146 e. The van der Waals surface area contributed by atoms with Gasteiger partial charge in [-0.15, -0.1) is 0 Å². The van der Waals surface area contributed by atoms with Crippen LogP contribution in [0, 0.1) is 5.92 Å². The second-order valence-electron chi connectivity index (χ2n) is 6.51. The maximum atomic E-state index is 6.13. The fourth-order valence-electron chi connectivity index (χ4n) is 3.23. The summed E-state index contributed by atoms with van der Waals surface area (Å²) in [7, 11) is 0. The minimum atomic E-state index is 0.374. The Hall–Kier alpha value is -1.31. The molecule has 3 aliphatic heterocycles. The average Bonchev–Trinajstić information content (AvgIpc) is 2.56. The van der Waals surface area contributed by atoms with Crippen LogP contribution in [0.2, 0.25) is 0 Å². The fraction of sp³-hybridized carbons (Fsp3) is 0.800. The quantitative estimate of drug-likeness (QED) is 0.679. The highest BCUT2D eigenvalue weighted by molar-refractivity contribution is 5.86. The average molecular weight is 308 g/mol. The largest absolute Gasteiger partial charge is 0.381 e. The molecule has 22 heavy (non-hydrogen) atoms. The van der Waals surface area contributed by atoms with Crippen LogP contribution >= 0.6 is 0 Å². The Morgan fingerprint density at radius 1 is 1.23 bits per heavy atom. The highest BCUT2D eigenvalue weighted by Gasteiger charge is 2.29. The Balaban J connectivity index is 1.68. The highest BCUT2D eigenvalue weighted by Crippen LogP contribution is 2.19. The zero-order valence-corrected chi connectivity index (χ0v) is 13.7. The molecule has 3 N–H and O–H groups in total. The van der Waals surface area contributed by atoms with Crippen molar-refractivity contribution in [3.63, 3.8) is 0 Å². The van der Waals surface area contributed by atoms with Gasteiger partial charge in [-0.2, -0.15) is 0 Å². The molecule has 0 aromatic rings. The molecule has 1 atom stereocenters. The highest BCUT2D eigenvalue weighted by atomic mass is 16.5. The molecule has 0 amide bonds. The van der Waals surface area contributed by atoms with Gasteiger partial charge in [-0.1, -0.05) is 13.8 Å². The molecular weight excluding hydrogens is 280 g/mol. The molecule has 2 saturated heterocycles. The van der Waals surface area contributed by atoms with Crippen molar-refractivity contribution in [2.45, 2.75) is 19.9 Å². The summed E-state index contributed by atoms with van der Waals surface area (Å²) in [6.45, 7) is 11.4. The van der Waals surface area contributed by atoms with E-state index in [0.717, 1.165) is 64.1 Å². The number of nitrogens with one attached hydrogen (secondary N) is 1. The molecule has 0 aromatic carbocycles. The number of amidine groups is 1. The van der Waals surface area contributed by atoms with E-state index in [9.17, 15) is 0 Å². The number of hydrogen-bond acceptors (Lipinski definition) is 7. The molecule has 0 aromatic heterocycles. The van der Waals surface area contributed by atoms with Crippen LogP contribution in [0.1, 0.15) is 13.8 Å². The van der Waals surface area contributed by atoms with Crippen LogP contribution in [-0.2, 0) is 4.74 Å². The normalized spacial score (nSPS) is 27.5. The lowest BCUT2D eigenvalue weighted by Gasteiger charge is -2.42. The van der Waals surface area contributed by atoms with Gasteiger partial charge in [-0.3, -0.25) is 5.84 Å². The van der Waals surface area contributed by atoms with Gasteiger partial charge in [0.1, 0.15) is 11.7 Å². The van der Waals surface area contributed by atoms with Gasteiger partial charge in [-0.25, -0.2) is 10.0 Å². The van der Waals surface area contributed by atoms with Crippen LogP contribution in [0.25, 0.3) is 0 Å². The van der Waals surface area contributed by atoms with Gasteiger partial charge in [0.15, 0.2) is 0 Å². The SMILES string of the molecule is CC(C)C1CN(C2=CNCC(N3CCOCC3)=N2)CCN1N. The van der Waals surface area contributed by atoms with Crippen molar-refractivity contribution in [2.75, 3.05) is 52.5 Å². The second kappa shape index (κ2) is 6.85. The molecule has 7 nitrogen and oxygen atoms in total. The summed E-state index contributed by atoms with van der Waals surface area (Å²) in [5, 5.41) is 5.35. The first-order valence-electron chi connectivity index (χ1n) is 8.25. The monoisotopic (exact) mass is 308 g/mol.